The molecule has 13 nitrogen and oxygen atoms in total. The predicted octanol–water partition coefficient (Wildman–Crippen LogP) is 3.03. The molecule has 2 aromatic rings. The molecule has 0 heterocycles. The zero-order valence-corrected chi connectivity index (χ0v) is 27.0. The van der Waals surface area contributed by atoms with Gasteiger partial charge in [0.05, 0.1) is 30.6 Å². The van der Waals surface area contributed by atoms with Gasteiger partial charge < -0.3 is 45.4 Å². The maximum Gasteiger partial charge on any atom is 0.357 e. The van der Waals surface area contributed by atoms with Gasteiger partial charge in [-0.15, -0.1) is 0 Å². The Kier molecular flexibility index (Phi) is 9.11. The number of benzene rings is 2. The van der Waals surface area contributed by atoms with Crippen molar-refractivity contribution in [1.29, 1.82) is 0 Å². The quantitative estimate of drug-likeness (QED) is 0.124. The molecule has 0 aromatic heterocycles. The van der Waals surface area contributed by atoms with E-state index >= 15 is 0 Å². The average molecular weight is 658 g/mol. The number of aliphatic hydroxyl groups excluding tert-OH is 2. The zero-order valence-electron chi connectivity index (χ0n) is 26.1. The van der Waals surface area contributed by atoms with E-state index in [1.807, 2.05) is 0 Å². The second kappa shape index (κ2) is 12.5. The van der Waals surface area contributed by atoms with Crippen LogP contribution in [0.1, 0.15) is 49.2 Å². The molecule has 248 valence electrons. The Hall–Kier alpha value is -3.74. The summed E-state index contributed by atoms with van der Waals surface area (Å²) in [6, 6.07) is 10.4. The van der Waals surface area contributed by atoms with Gasteiger partial charge in [0.15, 0.2) is 17.2 Å². The third kappa shape index (κ3) is 5.29. The minimum atomic E-state index is -3.90. The number of nitrogens with two attached hydrogens (primary N) is 1. The molecule has 0 bridgehead atoms. The first-order chi connectivity index (χ1) is 21.7. The van der Waals surface area contributed by atoms with Crippen molar-refractivity contribution in [3.05, 3.63) is 58.7 Å². The number of aliphatic hydroxyl groups is 3. The Bertz CT molecular complexity index is 1630. The van der Waals surface area contributed by atoms with Gasteiger partial charge in [0.1, 0.15) is 17.4 Å². The third-order valence-corrected chi connectivity index (χ3v) is 11.5. The van der Waals surface area contributed by atoms with Crippen LogP contribution in [-0.4, -0.2) is 76.9 Å². The monoisotopic (exact) mass is 657 g/mol. The second-order valence-electron chi connectivity index (χ2n) is 12.1. The summed E-state index contributed by atoms with van der Waals surface area (Å²) in [6.45, 7) is 3.51. The van der Waals surface area contributed by atoms with Crippen LogP contribution in [0.3, 0.4) is 0 Å². The predicted molar refractivity (Wildman–Crippen MR) is 169 cm³/mol. The number of hydrogen-bond acceptors (Lipinski definition) is 12. The lowest BCUT2D eigenvalue weighted by atomic mass is 9.56. The van der Waals surface area contributed by atoms with Gasteiger partial charge in [0, 0.05) is 31.3 Å². The van der Waals surface area contributed by atoms with E-state index in [-0.39, 0.29) is 49.3 Å². The van der Waals surface area contributed by atoms with E-state index in [2.05, 4.69) is 5.32 Å². The summed E-state index contributed by atoms with van der Waals surface area (Å²) in [6.07, 6.45) is -1.48. The number of phenols is 1. The van der Waals surface area contributed by atoms with Gasteiger partial charge in [-0.3, -0.25) is 18.9 Å². The van der Waals surface area contributed by atoms with Crippen LogP contribution in [0.5, 0.6) is 5.75 Å². The molecule has 2 fully saturated rings. The number of fused-ring (bicyclic) bond motifs is 3. The lowest BCUT2D eigenvalue weighted by Crippen LogP contribution is -2.66. The van der Waals surface area contributed by atoms with Crippen molar-refractivity contribution in [3.8, 4) is 5.75 Å². The fourth-order valence-corrected chi connectivity index (χ4v) is 9.08. The van der Waals surface area contributed by atoms with Crippen LogP contribution in [0.15, 0.2) is 42.0 Å². The maximum absolute atomic E-state index is 14.1. The minimum absolute atomic E-state index is 0.0466. The Morgan fingerprint density at radius 3 is 2.33 bits per heavy atom. The third-order valence-electron chi connectivity index (χ3n) is 9.18. The molecule has 2 aromatic carbocycles. The smallest absolute Gasteiger partial charge is 0.357 e. The number of aromatic hydroxyl groups is 1. The number of phenolic OH excluding ortho intramolecular Hbond substituents is 1. The normalized spacial score (nSPS) is 26.6. The number of nitrogens with one attached hydrogen (secondary N) is 1. The van der Waals surface area contributed by atoms with E-state index in [1.165, 1.54) is 0 Å². The highest BCUT2D eigenvalue weighted by atomic mass is 31.2. The molecule has 5 rings (SSSR count). The van der Waals surface area contributed by atoms with Crippen LogP contribution < -0.4 is 16.0 Å². The summed E-state index contributed by atoms with van der Waals surface area (Å²) in [5.74, 6) is -9.12. The van der Waals surface area contributed by atoms with Crippen molar-refractivity contribution in [3.63, 3.8) is 0 Å². The number of hydrogen-bond donors (Lipinski definition) is 6. The van der Waals surface area contributed by atoms with Crippen molar-refractivity contribution in [1.82, 2.24) is 0 Å². The highest BCUT2D eigenvalue weighted by Gasteiger charge is 2.64. The molecule has 3 unspecified atom stereocenters. The SMILES string of the molecule is CCOP(=O)(OCC)C(Nc1cc(N(C)C)c2c(c1O)C(O)=C1C(=O)[C@]3(O)C(=O)C(C(N)=O)C(O)C[C@@H]3C[C@@H]1C2)c1ccccc1. The molecule has 46 heavy (non-hydrogen) atoms. The highest BCUT2D eigenvalue weighted by molar-refractivity contribution is 7.54. The van der Waals surface area contributed by atoms with Crippen molar-refractivity contribution in [2.24, 2.45) is 23.5 Å². The van der Waals surface area contributed by atoms with E-state index in [9.17, 15) is 39.4 Å². The number of anilines is 2. The van der Waals surface area contributed by atoms with E-state index in [4.69, 9.17) is 14.8 Å². The topological polar surface area (TPSA) is 209 Å². The summed E-state index contributed by atoms with van der Waals surface area (Å²) < 4.78 is 25.4. The van der Waals surface area contributed by atoms with Crippen molar-refractivity contribution in [2.45, 2.75) is 50.6 Å². The molecule has 14 heteroatoms. The van der Waals surface area contributed by atoms with E-state index in [1.54, 1.807) is 69.2 Å². The van der Waals surface area contributed by atoms with Gasteiger partial charge in [0.25, 0.3) is 0 Å². The number of nitrogens with zero attached hydrogens (tertiary/aromatic N) is 1. The van der Waals surface area contributed by atoms with E-state index < -0.39 is 71.8 Å². The Morgan fingerprint density at radius 2 is 1.76 bits per heavy atom. The van der Waals surface area contributed by atoms with Crippen LogP contribution in [0, 0.1) is 17.8 Å². The number of Topliss-reactive ketones (excluding diaryl/α,β-unsaturated/α-hetero) is 2. The lowest BCUT2D eigenvalue weighted by molar-refractivity contribution is -0.174. The fraction of sp³-hybridized carbons (Fsp3) is 0.469. The van der Waals surface area contributed by atoms with Gasteiger partial charge in [-0.25, -0.2) is 0 Å². The zero-order chi connectivity index (χ0) is 33.7. The van der Waals surface area contributed by atoms with Crippen molar-refractivity contribution < 1.29 is 48.4 Å². The molecule has 1 amide bonds. The molecule has 0 radical (unpaired) electrons. The maximum atomic E-state index is 14.1. The number of carbonyl (C=O) groups excluding carboxylic acids is 3. The van der Waals surface area contributed by atoms with Gasteiger partial charge in [-0.2, -0.15) is 0 Å². The first-order valence-corrected chi connectivity index (χ1v) is 16.8. The molecule has 0 spiro atoms. The van der Waals surface area contributed by atoms with Crippen LogP contribution in [0.4, 0.5) is 11.4 Å². The van der Waals surface area contributed by atoms with Crippen LogP contribution in [0.25, 0.3) is 5.76 Å². The van der Waals surface area contributed by atoms with Crippen molar-refractivity contribution >= 4 is 42.2 Å². The minimum Gasteiger partial charge on any atom is -0.507 e. The molecule has 3 aliphatic carbocycles. The summed E-state index contributed by atoms with van der Waals surface area (Å²) in [7, 11) is -0.374. The molecule has 2 saturated carbocycles. The standard InChI is InChI=1S/C32H40N3O10P/c1-5-44-46(43,45-6-2)31(16-10-8-7-9-11-16)34-20-15-21(35(3)4)19-13-17-12-18-14-22(36)25(30(33)41)29(40)32(18,42)28(39)23(17)27(38)24(19)26(20)37/h7-11,15,17-18,22,25,31,34,36-38,42H,5-6,12-14H2,1-4H3,(H2,33,41)/t17-,18+,22?,25?,31?,32+/m1/s1. The number of primary amides is 1. The summed E-state index contributed by atoms with van der Waals surface area (Å²) in [5, 5.41) is 48.7. The molecular formula is C32H40N3O10P. The van der Waals surface area contributed by atoms with Crippen LogP contribution in [0.2, 0.25) is 0 Å². The molecular weight excluding hydrogens is 617 g/mol. The summed E-state index contributed by atoms with van der Waals surface area (Å²) >= 11 is 0. The summed E-state index contributed by atoms with van der Waals surface area (Å²) in [4.78, 5) is 41.1. The Labute approximate surface area is 266 Å². The second-order valence-corrected chi connectivity index (χ2v) is 14.2. The van der Waals surface area contributed by atoms with E-state index in [0.717, 1.165) is 0 Å². The molecule has 7 N–H and O–H groups in total. The first-order valence-electron chi connectivity index (χ1n) is 15.2. The van der Waals surface area contributed by atoms with E-state index in [0.29, 0.717) is 16.8 Å². The Morgan fingerprint density at radius 1 is 1.13 bits per heavy atom. The lowest BCUT2D eigenvalue weighted by Gasteiger charge is -2.48. The molecule has 3 aliphatic rings. The molecule has 6 atom stereocenters. The van der Waals surface area contributed by atoms with Gasteiger partial charge in [-0.1, -0.05) is 30.3 Å². The molecule has 0 aliphatic heterocycles. The van der Waals surface area contributed by atoms with Crippen LogP contribution in [-0.2, 0) is 34.4 Å². The first kappa shape index (κ1) is 33.6. The average Bonchev–Trinajstić information content (AvgIpc) is 2.98. The fourth-order valence-electron chi connectivity index (χ4n) is 7.16. The molecule has 0 saturated heterocycles. The van der Waals surface area contributed by atoms with Crippen molar-refractivity contribution in [2.75, 3.05) is 37.5 Å². The van der Waals surface area contributed by atoms with Crippen LogP contribution >= 0.6 is 7.60 Å². The number of ketones is 2. The number of amides is 1. The highest BCUT2D eigenvalue weighted by Crippen LogP contribution is 2.62. The van der Waals surface area contributed by atoms with Gasteiger partial charge >= 0.3 is 7.60 Å². The Balaban J connectivity index is 1.67. The summed E-state index contributed by atoms with van der Waals surface area (Å²) in [5.41, 5.74) is 3.95. The van der Waals surface area contributed by atoms with Gasteiger partial charge in [-0.05, 0) is 56.2 Å². The largest absolute Gasteiger partial charge is 0.507 e. The van der Waals surface area contributed by atoms with Gasteiger partial charge in [0.2, 0.25) is 11.7 Å². The number of rotatable bonds is 10. The number of carbonyl (C=O) groups is 3.